The van der Waals surface area contributed by atoms with Gasteiger partial charge in [0.2, 0.25) is 17.7 Å². The zero-order valence-electron chi connectivity index (χ0n) is 21.5. The van der Waals surface area contributed by atoms with Crippen LogP contribution in [0.4, 0.5) is 0 Å². The highest BCUT2D eigenvalue weighted by Crippen LogP contribution is 2.23. The van der Waals surface area contributed by atoms with E-state index in [-0.39, 0.29) is 25.3 Å². The number of carboxylic acid groups (broad SMARTS) is 2. The molecule has 0 spiro atoms. The van der Waals surface area contributed by atoms with Crippen molar-refractivity contribution in [2.75, 3.05) is 6.54 Å². The van der Waals surface area contributed by atoms with E-state index >= 15 is 0 Å². The summed E-state index contributed by atoms with van der Waals surface area (Å²) in [7, 11) is 0. The lowest BCUT2D eigenvalue weighted by Crippen LogP contribution is -2.57. The number of H-pyrrole nitrogens is 1. The molecule has 4 unspecified atom stereocenters. The Morgan fingerprint density at radius 1 is 1.11 bits per heavy atom. The second-order valence-corrected chi connectivity index (χ2v) is 10.0. The van der Waals surface area contributed by atoms with Gasteiger partial charge in [0.15, 0.2) is 0 Å². The van der Waals surface area contributed by atoms with Gasteiger partial charge in [0.05, 0.1) is 12.5 Å². The molecule has 206 valence electrons. The lowest BCUT2D eigenvalue weighted by atomic mass is 10.0. The fourth-order valence-corrected chi connectivity index (χ4v) is 4.74. The Morgan fingerprint density at radius 2 is 1.82 bits per heavy atom. The molecule has 1 aliphatic rings. The minimum atomic E-state index is -1.36. The summed E-state index contributed by atoms with van der Waals surface area (Å²) >= 11 is 0. The van der Waals surface area contributed by atoms with Gasteiger partial charge < -0.3 is 36.5 Å². The molecule has 1 aliphatic heterocycles. The first-order chi connectivity index (χ1) is 18.0. The van der Waals surface area contributed by atoms with Crippen molar-refractivity contribution >= 4 is 40.6 Å². The number of nitrogens with two attached hydrogens (primary N) is 1. The average Bonchev–Trinajstić information content (AvgIpc) is 3.49. The highest BCUT2D eigenvalue weighted by molar-refractivity contribution is 5.95. The first-order valence-electron chi connectivity index (χ1n) is 12.6. The summed E-state index contributed by atoms with van der Waals surface area (Å²) in [5, 5.41) is 24.5. The molecule has 1 fully saturated rings. The molecule has 0 bridgehead atoms. The van der Waals surface area contributed by atoms with E-state index in [1.807, 2.05) is 38.1 Å². The van der Waals surface area contributed by atoms with Crippen LogP contribution < -0.4 is 16.4 Å². The number of nitrogens with one attached hydrogen (secondary N) is 3. The number of fused-ring (bicyclic) bond motifs is 1. The molecular formula is C26H35N5O7. The van der Waals surface area contributed by atoms with Gasteiger partial charge in [0.25, 0.3) is 0 Å². The number of benzene rings is 1. The van der Waals surface area contributed by atoms with Gasteiger partial charge in [-0.2, -0.15) is 0 Å². The van der Waals surface area contributed by atoms with E-state index in [0.717, 1.165) is 16.5 Å². The van der Waals surface area contributed by atoms with E-state index in [4.69, 9.17) is 10.8 Å². The van der Waals surface area contributed by atoms with Crippen LogP contribution in [0.25, 0.3) is 10.9 Å². The number of nitrogens with zero attached hydrogens (tertiary/aromatic N) is 1. The van der Waals surface area contributed by atoms with Gasteiger partial charge in [0.1, 0.15) is 18.1 Å². The third-order valence-corrected chi connectivity index (χ3v) is 6.61. The number of hydrogen-bond donors (Lipinski definition) is 6. The van der Waals surface area contributed by atoms with Crippen LogP contribution in [-0.4, -0.2) is 80.5 Å². The summed E-state index contributed by atoms with van der Waals surface area (Å²) in [5.74, 6) is -4.27. The highest BCUT2D eigenvalue weighted by Gasteiger charge is 2.39. The summed E-state index contributed by atoms with van der Waals surface area (Å²) in [6, 6.07) is 2.96. The van der Waals surface area contributed by atoms with E-state index < -0.39 is 60.2 Å². The molecule has 0 radical (unpaired) electrons. The molecule has 0 saturated carbocycles. The Labute approximate surface area is 219 Å². The molecule has 4 atom stereocenters. The van der Waals surface area contributed by atoms with Crippen molar-refractivity contribution in [3.05, 3.63) is 36.0 Å². The van der Waals surface area contributed by atoms with Crippen molar-refractivity contribution in [1.29, 1.82) is 0 Å². The van der Waals surface area contributed by atoms with Crippen LogP contribution in [0, 0.1) is 5.92 Å². The molecule has 7 N–H and O–H groups in total. The standard InChI is InChI=1S/C26H35N5O7/c1-14(2)10-20(26(37)38)30-24(35)21-8-5-9-31(21)25(36)19(29-23(34)17(27)12-22(32)33)11-15-13-28-18-7-4-3-6-16(15)18/h3-4,6-7,13-14,17,19-21,28H,5,8-12,27H2,1-2H3,(H,29,34)(H,30,35)(H,32,33)(H,37,38). The molecule has 2 aromatic rings. The van der Waals surface area contributed by atoms with Gasteiger partial charge in [-0.25, -0.2) is 4.79 Å². The van der Waals surface area contributed by atoms with Gasteiger partial charge in [-0.15, -0.1) is 0 Å². The number of amides is 3. The number of aromatic nitrogens is 1. The number of aromatic amines is 1. The Kier molecular flexibility index (Phi) is 9.45. The predicted molar refractivity (Wildman–Crippen MR) is 138 cm³/mol. The second-order valence-electron chi connectivity index (χ2n) is 10.0. The molecule has 1 aromatic heterocycles. The second kappa shape index (κ2) is 12.5. The lowest BCUT2D eigenvalue weighted by Gasteiger charge is -2.30. The van der Waals surface area contributed by atoms with Crippen LogP contribution in [0.1, 0.15) is 45.1 Å². The minimum absolute atomic E-state index is 0.0310. The Hall–Kier alpha value is -3.93. The number of carboxylic acids is 2. The van der Waals surface area contributed by atoms with Crippen LogP contribution in [0.2, 0.25) is 0 Å². The van der Waals surface area contributed by atoms with Gasteiger partial charge in [-0.3, -0.25) is 19.2 Å². The topological polar surface area (TPSA) is 195 Å². The molecule has 38 heavy (non-hydrogen) atoms. The Morgan fingerprint density at radius 3 is 2.47 bits per heavy atom. The number of rotatable bonds is 12. The number of carbonyl (C=O) groups excluding carboxylic acids is 3. The summed E-state index contributed by atoms with van der Waals surface area (Å²) in [6.45, 7) is 3.95. The van der Waals surface area contributed by atoms with Crippen LogP contribution in [0.3, 0.4) is 0 Å². The number of likely N-dealkylation sites (tertiary alicyclic amines) is 1. The smallest absolute Gasteiger partial charge is 0.326 e. The van der Waals surface area contributed by atoms with E-state index in [1.54, 1.807) is 6.20 Å². The van der Waals surface area contributed by atoms with Crippen molar-refractivity contribution in [3.63, 3.8) is 0 Å². The van der Waals surface area contributed by atoms with Crippen molar-refractivity contribution in [2.45, 2.75) is 70.1 Å². The van der Waals surface area contributed by atoms with E-state index in [2.05, 4.69) is 15.6 Å². The normalized spacial score (nSPS) is 17.7. The Balaban J connectivity index is 1.84. The first-order valence-corrected chi connectivity index (χ1v) is 12.6. The molecule has 1 aromatic carbocycles. The van der Waals surface area contributed by atoms with Gasteiger partial charge in [-0.1, -0.05) is 32.0 Å². The summed E-state index contributed by atoms with van der Waals surface area (Å²) in [6.07, 6.45) is 2.30. The van der Waals surface area contributed by atoms with Crippen LogP contribution in [-0.2, 0) is 30.4 Å². The van der Waals surface area contributed by atoms with E-state index in [0.29, 0.717) is 12.8 Å². The molecule has 12 nitrogen and oxygen atoms in total. The van der Waals surface area contributed by atoms with Gasteiger partial charge >= 0.3 is 11.9 Å². The quantitative estimate of drug-likeness (QED) is 0.230. The van der Waals surface area contributed by atoms with E-state index in [1.165, 1.54) is 4.90 Å². The third kappa shape index (κ3) is 7.09. The number of aliphatic carboxylic acids is 2. The first kappa shape index (κ1) is 28.6. The molecule has 1 saturated heterocycles. The summed E-state index contributed by atoms with van der Waals surface area (Å²) in [5.41, 5.74) is 7.32. The molecule has 12 heteroatoms. The number of para-hydroxylation sites is 1. The van der Waals surface area contributed by atoms with Gasteiger partial charge in [-0.05, 0) is 36.8 Å². The zero-order valence-corrected chi connectivity index (χ0v) is 21.5. The van der Waals surface area contributed by atoms with Crippen LogP contribution in [0.5, 0.6) is 0 Å². The maximum atomic E-state index is 13.7. The van der Waals surface area contributed by atoms with Crippen molar-refractivity contribution in [3.8, 4) is 0 Å². The molecule has 3 rings (SSSR count). The zero-order chi connectivity index (χ0) is 28.0. The molecule has 2 heterocycles. The van der Waals surface area contributed by atoms with Crippen LogP contribution in [0.15, 0.2) is 30.5 Å². The largest absolute Gasteiger partial charge is 0.481 e. The van der Waals surface area contributed by atoms with Gasteiger partial charge in [0, 0.05) is 30.1 Å². The van der Waals surface area contributed by atoms with Crippen molar-refractivity contribution in [1.82, 2.24) is 20.5 Å². The maximum Gasteiger partial charge on any atom is 0.326 e. The summed E-state index contributed by atoms with van der Waals surface area (Å²) < 4.78 is 0. The lowest BCUT2D eigenvalue weighted by molar-refractivity contribution is -0.145. The molecular weight excluding hydrogens is 494 g/mol. The molecule has 0 aliphatic carbocycles. The fraction of sp³-hybridized carbons (Fsp3) is 0.500. The Bertz CT molecular complexity index is 1190. The minimum Gasteiger partial charge on any atom is -0.481 e. The maximum absolute atomic E-state index is 13.7. The predicted octanol–water partition coefficient (Wildman–Crippen LogP) is 0.604. The highest BCUT2D eigenvalue weighted by atomic mass is 16.4. The average molecular weight is 530 g/mol. The van der Waals surface area contributed by atoms with Crippen molar-refractivity contribution < 1.29 is 34.2 Å². The van der Waals surface area contributed by atoms with Crippen molar-refractivity contribution in [2.24, 2.45) is 11.7 Å². The monoisotopic (exact) mass is 529 g/mol. The summed E-state index contributed by atoms with van der Waals surface area (Å²) in [4.78, 5) is 66.7. The number of carbonyl (C=O) groups is 5. The van der Waals surface area contributed by atoms with Crippen LogP contribution >= 0.6 is 0 Å². The number of hydrogen-bond acceptors (Lipinski definition) is 6. The SMILES string of the molecule is CC(C)CC(NC(=O)C1CCCN1C(=O)C(Cc1c[nH]c2ccccc12)NC(=O)C(N)CC(=O)O)C(=O)O. The van der Waals surface area contributed by atoms with E-state index in [9.17, 15) is 29.1 Å². The fourth-order valence-electron chi connectivity index (χ4n) is 4.74. The molecule has 3 amide bonds. The third-order valence-electron chi connectivity index (χ3n) is 6.61.